The van der Waals surface area contributed by atoms with E-state index in [4.69, 9.17) is 34.4 Å². The maximum atomic E-state index is 6.24. The minimum Gasteiger partial charge on any atom is -0.489 e. The van der Waals surface area contributed by atoms with Crippen LogP contribution in [-0.4, -0.2) is 24.1 Å². The molecule has 0 saturated heterocycles. The van der Waals surface area contributed by atoms with Crippen LogP contribution in [-0.2, 0) is 0 Å². The molecular weight excluding hydrogens is 324 g/mol. The van der Waals surface area contributed by atoms with E-state index in [0.717, 1.165) is 5.56 Å². The summed E-state index contributed by atoms with van der Waals surface area (Å²) in [5.74, 6) is 1.40. The van der Waals surface area contributed by atoms with Crippen LogP contribution in [0.2, 0.25) is 5.02 Å². The van der Waals surface area contributed by atoms with Gasteiger partial charge >= 0.3 is 0 Å². The Morgan fingerprint density at radius 2 is 1.92 bits per heavy atom. The lowest BCUT2D eigenvalue weighted by molar-refractivity contribution is 0.242. The zero-order valence-electron chi connectivity index (χ0n) is 13.3. The third-order valence-corrected chi connectivity index (χ3v) is 3.61. The zero-order valence-corrected chi connectivity index (χ0v) is 14.0. The number of nitrogens with two attached hydrogens (primary N) is 1. The molecule has 0 fully saturated rings. The van der Waals surface area contributed by atoms with E-state index in [0.29, 0.717) is 39.2 Å². The van der Waals surface area contributed by atoms with Gasteiger partial charge in [-0.1, -0.05) is 28.3 Å². The molecule has 0 aliphatic heterocycles. The van der Waals surface area contributed by atoms with Crippen molar-refractivity contribution in [2.24, 2.45) is 0 Å². The van der Waals surface area contributed by atoms with Crippen molar-refractivity contribution in [3.8, 4) is 28.6 Å². The summed E-state index contributed by atoms with van der Waals surface area (Å²) < 4.78 is 10.9. The van der Waals surface area contributed by atoms with Crippen LogP contribution in [0, 0.1) is 0 Å². The molecule has 24 heavy (non-hydrogen) atoms. The van der Waals surface area contributed by atoms with E-state index in [2.05, 4.69) is 10.1 Å². The van der Waals surface area contributed by atoms with Crippen LogP contribution in [0.1, 0.15) is 13.8 Å². The van der Waals surface area contributed by atoms with E-state index < -0.39 is 0 Å². The number of hydrogen-bond donors (Lipinski definition) is 1. The Kier molecular flexibility index (Phi) is 4.49. The van der Waals surface area contributed by atoms with Crippen molar-refractivity contribution in [2.45, 2.75) is 20.0 Å². The molecule has 0 aliphatic rings. The third kappa shape index (κ3) is 3.38. The van der Waals surface area contributed by atoms with Crippen LogP contribution < -0.4 is 15.9 Å². The Morgan fingerprint density at radius 3 is 2.58 bits per heavy atom. The smallest absolute Gasteiger partial charge is 0.258 e. The van der Waals surface area contributed by atoms with Crippen LogP contribution in [0.5, 0.6) is 5.75 Å². The van der Waals surface area contributed by atoms with E-state index in [1.54, 1.807) is 30.3 Å². The summed E-state index contributed by atoms with van der Waals surface area (Å²) in [4.78, 5) is 4.38. The lowest BCUT2D eigenvalue weighted by Crippen LogP contribution is -2.09. The maximum Gasteiger partial charge on any atom is 0.258 e. The van der Waals surface area contributed by atoms with Crippen molar-refractivity contribution < 1.29 is 9.26 Å². The fourth-order valence-corrected chi connectivity index (χ4v) is 2.38. The Labute approximate surface area is 146 Å². The molecule has 0 bridgehead atoms. The first-order valence-electron chi connectivity index (χ1n) is 7.39. The molecular formula is C17H15BClN3O2. The monoisotopic (exact) mass is 339 g/mol. The fraction of sp³-hybridized carbons (Fsp3) is 0.176. The lowest BCUT2D eigenvalue weighted by atomic mass is 9.92. The second-order valence-corrected chi connectivity index (χ2v) is 5.99. The summed E-state index contributed by atoms with van der Waals surface area (Å²) >= 11 is 6.24. The van der Waals surface area contributed by atoms with E-state index in [1.807, 2.05) is 19.9 Å². The molecule has 0 unspecified atom stereocenters. The van der Waals surface area contributed by atoms with E-state index in [1.165, 1.54) is 0 Å². The Bertz CT molecular complexity index is 880. The summed E-state index contributed by atoms with van der Waals surface area (Å²) in [5.41, 5.74) is 8.11. The highest BCUT2D eigenvalue weighted by atomic mass is 35.5. The quantitative estimate of drug-likeness (QED) is 0.583. The van der Waals surface area contributed by atoms with Crippen LogP contribution in [0.3, 0.4) is 0 Å². The molecule has 0 amide bonds. The first kappa shape index (κ1) is 16.4. The summed E-state index contributed by atoms with van der Waals surface area (Å²) in [6.07, 6.45) is 0.0427. The summed E-state index contributed by atoms with van der Waals surface area (Å²) in [7, 11) is 5.81. The number of rotatable bonds is 4. The highest BCUT2D eigenvalue weighted by Crippen LogP contribution is 2.30. The first-order valence-corrected chi connectivity index (χ1v) is 7.77. The van der Waals surface area contributed by atoms with Gasteiger partial charge in [-0.05, 0) is 44.2 Å². The zero-order chi connectivity index (χ0) is 17.3. The summed E-state index contributed by atoms with van der Waals surface area (Å²) in [5, 5.41) is 4.48. The standard InChI is InChI=1S/C17H15BClN3O2/c1-9(2)23-15-6-4-10(8-13(15)19)16-21-17(24-22-16)11-3-5-14(20)12(18)7-11/h3-9H,20H2,1-2H3. The van der Waals surface area contributed by atoms with E-state index in [-0.39, 0.29) is 6.10 Å². The van der Waals surface area contributed by atoms with E-state index >= 15 is 0 Å². The normalized spacial score (nSPS) is 11.0. The van der Waals surface area contributed by atoms with Gasteiger partial charge < -0.3 is 15.0 Å². The fourth-order valence-electron chi connectivity index (χ4n) is 2.16. The van der Waals surface area contributed by atoms with Gasteiger partial charge in [0.05, 0.1) is 11.1 Å². The molecule has 0 aliphatic carbocycles. The topological polar surface area (TPSA) is 74.2 Å². The Hall–Kier alpha value is -2.47. The van der Waals surface area contributed by atoms with Crippen molar-refractivity contribution in [3.05, 3.63) is 41.4 Å². The first-order chi connectivity index (χ1) is 11.4. The molecule has 120 valence electrons. The minimum atomic E-state index is 0.0427. The van der Waals surface area contributed by atoms with Crippen LogP contribution >= 0.6 is 11.6 Å². The van der Waals surface area contributed by atoms with E-state index in [9.17, 15) is 0 Å². The Morgan fingerprint density at radius 1 is 1.17 bits per heavy atom. The average Bonchev–Trinajstić information content (AvgIpc) is 3.01. The molecule has 0 saturated carbocycles. The molecule has 5 nitrogen and oxygen atoms in total. The van der Waals surface area contributed by atoms with Crippen LogP contribution in [0.25, 0.3) is 22.8 Å². The molecule has 2 N–H and O–H groups in total. The van der Waals surface area contributed by atoms with Gasteiger partial charge in [-0.15, -0.1) is 0 Å². The molecule has 2 aromatic carbocycles. The lowest BCUT2D eigenvalue weighted by Gasteiger charge is -2.11. The van der Waals surface area contributed by atoms with Gasteiger partial charge in [0.15, 0.2) is 0 Å². The molecule has 0 atom stereocenters. The van der Waals surface area contributed by atoms with Gasteiger partial charge in [0.1, 0.15) is 13.6 Å². The number of nitrogens with zero attached hydrogens (tertiary/aromatic N) is 2. The van der Waals surface area contributed by atoms with Gasteiger partial charge in [0.25, 0.3) is 5.89 Å². The van der Waals surface area contributed by atoms with Gasteiger partial charge in [0, 0.05) is 16.8 Å². The molecule has 7 heteroatoms. The molecule has 3 rings (SSSR count). The second kappa shape index (κ2) is 6.57. The molecule has 2 radical (unpaired) electrons. The second-order valence-electron chi connectivity index (χ2n) is 5.58. The van der Waals surface area contributed by atoms with Gasteiger partial charge in [0.2, 0.25) is 5.82 Å². The number of ether oxygens (including phenoxy) is 1. The van der Waals surface area contributed by atoms with Crippen LogP contribution in [0.15, 0.2) is 40.9 Å². The van der Waals surface area contributed by atoms with Crippen molar-refractivity contribution >= 4 is 30.6 Å². The minimum absolute atomic E-state index is 0.0427. The SMILES string of the molecule is [B]c1cc(-c2nc(-c3ccc(OC(C)C)c(Cl)c3)no2)ccc1N. The van der Waals surface area contributed by atoms with Crippen molar-refractivity contribution in [1.29, 1.82) is 0 Å². The predicted molar refractivity (Wildman–Crippen MR) is 95.7 cm³/mol. The van der Waals surface area contributed by atoms with Gasteiger partial charge in [-0.3, -0.25) is 0 Å². The summed E-state index contributed by atoms with van der Waals surface area (Å²) in [6, 6.07) is 10.5. The molecule has 1 aromatic heterocycles. The summed E-state index contributed by atoms with van der Waals surface area (Å²) in [6.45, 7) is 3.88. The van der Waals surface area contributed by atoms with Crippen LogP contribution in [0.4, 0.5) is 5.69 Å². The maximum absolute atomic E-state index is 6.24. The number of hydrogen-bond acceptors (Lipinski definition) is 5. The van der Waals surface area contributed by atoms with Gasteiger partial charge in [-0.25, -0.2) is 0 Å². The molecule has 1 heterocycles. The van der Waals surface area contributed by atoms with Gasteiger partial charge in [-0.2, -0.15) is 4.98 Å². The van der Waals surface area contributed by atoms with Crippen molar-refractivity contribution in [3.63, 3.8) is 0 Å². The highest BCUT2D eigenvalue weighted by molar-refractivity contribution is 6.36. The number of nitrogen functional groups attached to an aromatic ring is 1. The van der Waals surface area contributed by atoms with Crippen molar-refractivity contribution in [2.75, 3.05) is 5.73 Å². The largest absolute Gasteiger partial charge is 0.489 e. The third-order valence-electron chi connectivity index (χ3n) is 3.31. The predicted octanol–water partition coefficient (Wildman–Crippen LogP) is 3.22. The molecule has 0 spiro atoms. The number of benzene rings is 2. The highest BCUT2D eigenvalue weighted by Gasteiger charge is 2.13. The number of halogens is 1. The Balaban J connectivity index is 1.90. The molecule has 3 aromatic rings. The number of anilines is 1. The number of aromatic nitrogens is 2. The van der Waals surface area contributed by atoms with Crippen molar-refractivity contribution in [1.82, 2.24) is 10.1 Å². The average molecular weight is 340 g/mol.